The van der Waals surface area contributed by atoms with Crippen LogP contribution in [0.5, 0.6) is 0 Å². The van der Waals surface area contributed by atoms with E-state index in [0.717, 1.165) is 5.56 Å². The molecule has 0 fully saturated rings. The number of rotatable bonds is 6. The van der Waals surface area contributed by atoms with Crippen LogP contribution in [-0.2, 0) is 20.9 Å². The van der Waals surface area contributed by atoms with Gasteiger partial charge in [0, 0.05) is 6.54 Å². The second kappa shape index (κ2) is 7.54. The van der Waals surface area contributed by atoms with Gasteiger partial charge in [-0.1, -0.05) is 32.9 Å². The first kappa shape index (κ1) is 19.8. The fourth-order valence-electron chi connectivity index (χ4n) is 2.68. The van der Waals surface area contributed by atoms with E-state index in [1.807, 2.05) is 0 Å². The second-order valence-corrected chi connectivity index (χ2v) is 6.69. The molecule has 0 bridgehead atoms. The predicted octanol–water partition coefficient (Wildman–Crippen LogP) is 2.66. The zero-order valence-corrected chi connectivity index (χ0v) is 14.7. The molecule has 0 aliphatic rings. The molecule has 24 heavy (non-hydrogen) atoms. The SMILES string of the molecule is COC(=O)C(NCc1ccc(F)c(C)c1)(C(=O)CC#N)C(C)(C)C. The van der Waals surface area contributed by atoms with Gasteiger partial charge in [-0.15, -0.1) is 0 Å². The van der Waals surface area contributed by atoms with Gasteiger partial charge in [-0.2, -0.15) is 5.26 Å². The molecular formula is C18H23FN2O3. The molecule has 1 aromatic rings. The lowest BCUT2D eigenvalue weighted by atomic mass is 9.70. The first-order valence-electron chi connectivity index (χ1n) is 7.59. The van der Waals surface area contributed by atoms with Gasteiger partial charge in [-0.05, 0) is 29.5 Å². The Labute approximate surface area is 141 Å². The standard InChI is InChI=1S/C18H23FN2O3/c1-12-10-13(6-7-14(12)19)11-21-18(16(23)24-5,17(2,3)4)15(22)8-9-20/h6-7,10,21H,8,11H2,1-5H3. The number of nitriles is 1. The Morgan fingerprint density at radius 2 is 1.96 bits per heavy atom. The number of halogens is 1. The number of methoxy groups -OCH3 is 1. The van der Waals surface area contributed by atoms with Crippen LogP contribution in [0, 0.1) is 29.5 Å². The molecule has 1 aromatic carbocycles. The number of hydrogen-bond donors (Lipinski definition) is 1. The Bertz CT molecular complexity index is 674. The van der Waals surface area contributed by atoms with Crippen molar-refractivity contribution in [3.05, 3.63) is 35.1 Å². The Balaban J connectivity index is 3.26. The smallest absolute Gasteiger partial charge is 0.334 e. The minimum Gasteiger partial charge on any atom is -0.467 e. The molecule has 0 heterocycles. The van der Waals surface area contributed by atoms with E-state index < -0.39 is 29.1 Å². The molecule has 0 spiro atoms. The van der Waals surface area contributed by atoms with Crippen molar-refractivity contribution >= 4 is 11.8 Å². The Hall–Kier alpha value is -2.26. The molecule has 0 aromatic heterocycles. The highest BCUT2D eigenvalue weighted by molar-refractivity contribution is 6.10. The van der Waals surface area contributed by atoms with Crippen molar-refractivity contribution in [1.82, 2.24) is 5.32 Å². The third kappa shape index (κ3) is 3.80. The molecule has 5 nitrogen and oxygen atoms in total. The van der Waals surface area contributed by atoms with Gasteiger partial charge >= 0.3 is 5.97 Å². The molecular weight excluding hydrogens is 311 g/mol. The summed E-state index contributed by atoms with van der Waals surface area (Å²) in [7, 11) is 1.20. The maximum Gasteiger partial charge on any atom is 0.334 e. The van der Waals surface area contributed by atoms with E-state index >= 15 is 0 Å². The third-order valence-electron chi connectivity index (χ3n) is 4.05. The molecule has 0 aliphatic heterocycles. The normalized spacial score (nSPS) is 13.7. The highest BCUT2D eigenvalue weighted by atomic mass is 19.1. The van der Waals surface area contributed by atoms with Gasteiger partial charge in [0.1, 0.15) is 5.82 Å². The number of esters is 1. The van der Waals surface area contributed by atoms with E-state index in [1.54, 1.807) is 45.9 Å². The van der Waals surface area contributed by atoms with Crippen molar-refractivity contribution < 1.29 is 18.7 Å². The van der Waals surface area contributed by atoms with Crippen LogP contribution >= 0.6 is 0 Å². The van der Waals surface area contributed by atoms with Gasteiger partial charge < -0.3 is 4.74 Å². The van der Waals surface area contributed by atoms with Crippen molar-refractivity contribution in [2.24, 2.45) is 5.41 Å². The highest BCUT2D eigenvalue weighted by Gasteiger charge is 2.55. The molecule has 0 radical (unpaired) electrons. The highest BCUT2D eigenvalue weighted by Crippen LogP contribution is 2.34. The average Bonchev–Trinajstić information content (AvgIpc) is 2.49. The summed E-state index contributed by atoms with van der Waals surface area (Å²) >= 11 is 0. The van der Waals surface area contributed by atoms with E-state index in [1.165, 1.54) is 13.2 Å². The fourth-order valence-corrected chi connectivity index (χ4v) is 2.68. The average molecular weight is 334 g/mol. The van der Waals surface area contributed by atoms with Gasteiger partial charge in [-0.3, -0.25) is 10.1 Å². The summed E-state index contributed by atoms with van der Waals surface area (Å²) in [5.74, 6) is -1.62. The zero-order chi connectivity index (χ0) is 18.5. The van der Waals surface area contributed by atoms with E-state index in [0.29, 0.717) is 5.56 Å². The minimum atomic E-state index is -1.67. The van der Waals surface area contributed by atoms with Gasteiger partial charge in [-0.25, -0.2) is 9.18 Å². The summed E-state index contributed by atoms with van der Waals surface area (Å²) in [6, 6.07) is 6.34. The van der Waals surface area contributed by atoms with Crippen LogP contribution < -0.4 is 5.32 Å². The van der Waals surface area contributed by atoms with Crippen molar-refractivity contribution in [1.29, 1.82) is 5.26 Å². The topological polar surface area (TPSA) is 79.2 Å². The molecule has 130 valence electrons. The molecule has 1 unspecified atom stereocenters. The van der Waals surface area contributed by atoms with Crippen molar-refractivity contribution in [2.45, 2.75) is 46.2 Å². The number of hydrogen-bond acceptors (Lipinski definition) is 5. The molecule has 1 rings (SSSR count). The van der Waals surface area contributed by atoms with E-state index in [-0.39, 0.29) is 12.4 Å². The predicted molar refractivity (Wildman–Crippen MR) is 87.4 cm³/mol. The second-order valence-electron chi connectivity index (χ2n) is 6.69. The lowest BCUT2D eigenvalue weighted by Gasteiger charge is -2.41. The minimum absolute atomic E-state index is 0.157. The van der Waals surface area contributed by atoms with Crippen molar-refractivity contribution in [3.8, 4) is 6.07 Å². The summed E-state index contributed by atoms with van der Waals surface area (Å²) < 4.78 is 18.2. The summed E-state index contributed by atoms with van der Waals surface area (Å²) in [5.41, 5.74) is -1.31. The number of ketones is 1. The number of nitrogens with one attached hydrogen (secondary N) is 1. The third-order valence-corrected chi connectivity index (χ3v) is 4.05. The first-order chi connectivity index (χ1) is 11.1. The van der Waals surface area contributed by atoms with E-state index in [4.69, 9.17) is 10.00 Å². The lowest BCUT2D eigenvalue weighted by molar-refractivity contribution is -0.159. The quantitative estimate of drug-likeness (QED) is 0.639. The number of nitrogens with zero attached hydrogens (tertiary/aromatic N) is 1. The molecule has 1 N–H and O–H groups in total. The van der Waals surface area contributed by atoms with Crippen molar-refractivity contribution in [3.63, 3.8) is 0 Å². The van der Waals surface area contributed by atoms with Crippen LogP contribution in [-0.4, -0.2) is 24.4 Å². The Morgan fingerprint density at radius 3 is 2.42 bits per heavy atom. The van der Waals surface area contributed by atoms with Crippen LogP contribution in [0.2, 0.25) is 0 Å². The van der Waals surface area contributed by atoms with Crippen LogP contribution in [0.4, 0.5) is 4.39 Å². The Kier molecular flexibility index (Phi) is 6.22. The molecule has 0 saturated carbocycles. The van der Waals surface area contributed by atoms with E-state index in [2.05, 4.69) is 5.32 Å². The van der Waals surface area contributed by atoms with E-state index in [9.17, 15) is 14.0 Å². The number of Topliss-reactive ketones (excluding diaryl/α,β-unsaturated/α-hetero) is 1. The number of ether oxygens (including phenoxy) is 1. The van der Waals surface area contributed by atoms with Crippen LogP contribution in [0.15, 0.2) is 18.2 Å². The summed E-state index contributed by atoms with van der Waals surface area (Å²) in [6.45, 7) is 6.97. The number of aryl methyl sites for hydroxylation is 1. The largest absolute Gasteiger partial charge is 0.467 e. The summed E-state index contributed by atoms with van der Waals surface area (Å²) in [4.78, 5) is 25.1. The number of carbonyl (C=O) groups excluding carboxylic acids is 2. The van der Waals surface area contributed by atoms with Gasteiger partial charge in [0.25, 0.3) is 0 Å². The van der Waals surface area contributed by atoms with Crippen LogP contribution in [0.3, 0.4) is 0 Å². The zero-order valence-electron chi connectivity index (χ0n) is 14.7. The summed E-state index contributed by atoms with van der Waals surface area (Å²) in [5, 5.41) is 11.9. The van der Waals surface area contributed by atoms with Crippen molar-refractivity contribution in [2.75, 3.05) is 7.11 Å². The van der Waals surface area contributed by atoms with Gasteiger partial charge in [0.2, 0.25) is 0 Å². The Morgan fingerprint density at radius 1 is 1.33 bits per heavy atom. The molecule has 0 aliphatic carbocycles. The lowest BCUT2D eigenvalue weighted by Crippen LogP contribution is -2.66. The maximum atomic E-state index is 13.4. The molecule has 0 saturated heterocycles. The van der Waals surface area contributed by atoms with Gasteiger partial charge in [0.05, 0.1) is 19.6 Å². The molecule has 0 amide bonds. The number of benzene rings is 1. The van der Waals surface area contributed by atoms with Crippen LogP contribution in [0.1, 0.15) is 38.3 Å². The molecule has 6 heteroatoms. The monoisotopic (exact) mass is 334 g/mol. The maximum absolute atomic E-state index is 13.4. The van der Waals surface area contributed by atoms with Gasteiger partial charge in [0.15, 0.2) is 11.3 Å². The molecule has 1 atom stereocenters. The fraction of sp³-hybridized carbons (Fsp3) is 0.500. The van der Waals surface area contributed by atoms with Crippen LogP contribution in [0.25, 0.3) is 0 Å². The number of carbonyl (C=O) groups is 2. The summed E-state index contributed by atoms with van der Waals surface area (Å²) in [6.07, 6.45) is -0.415. The first-order valence-corrected chi connectivity index (χ1v) is 7.59.